The largest absolute Gasteiger partial charge is 0.309 e. The molecule has 0 N–H and O–H groups in total. The van der Waals surface area contributed by atoms with Crippen LogP contribution in [0.15, 0.2) is 182 Å². The highest BCUT2D eigenvalue weighted by Gasteiger charge is 2.16. The number of fused-ring (bicyclic) bond motifs is 4. The summed E-state index contributed by atoms with van der Waals surface area (Å²) in [6.45, 7) is 0. The molecule has 0 unspecified atom stereocenters. The lowest BCUT2D eigenvalue weighted by molar-refractivity contribution is 1.18. The van der Waals surface area contributed by atoms with Gasteiger partial charge in [-0.15, -0.1) is 11.3 Å². The van der Waals surface area contributed by atoms with Crippen molar-refractivity contribution in [1.29, 1.82) is 0 Å². The number of aromatic nitrogens is 4. The zero-order valence-corrected chi connectivity index (χ0v) is 28.8. The summed E-state index contributed by atoms with van der Waals surface area (Å²) in [4.78, 5) is 15.1. The molecule has 0 saturated heterocycles. The van der Waals surface area contributed by atoms with Gasteiger partial charge in [0.2, 0.25) is 0 Å². The number of para-hydroxylation sites is 2. The molecule has 0 bridgehead atoms. The highest BCUT2D eigenvalue weighted by molar-refractivity contribution is 7.21. The second-order valence-corrected chi connectivity index (χ2v) is 13.9. The lowest BCUT2D eigenvalue weighted by Gasteiger charge is -2.12. The van der Waals surface area contributed by atoms with E-state index in [1.807, 2.05) is 42.5 Å². The zero-order valence-electron chi connectivity index (χ0n) is 28.0. The summed E-state index contributed by atoms with van der Waals surface area (Å²) < 4.78 is 3.57. The number of benzene rings is 7. The minimum Gasteiger partial charge on any atom is -0.309 e. The summed E-state index contributed by atoms with van der Waals surface area (Å²) >= 11 is 1.74. The third-order valence-electron chi connectivity index (χ3n) is 9.66. The van der Waals surface area contributed by atoms with Crippen LogP contribution in [0.2, 0.25) is 0 Å². The van der Waals surface area contributed by atoms with Crippen LogP contribution in [0.5, 0.6) is 0 Å². The predicted molar refractivity (Wildman–Crippen MR) is 217 cm³/mol. The van der Waals surface area contributed by atoms with E-state index in [-0.39, 0.29) is 0 Å². The van der Waals surface area contributed by atoms with Crippen molar-refractivity contribution in [3.05, 3.63) is 182 Å². The maximum Gasteiger partial charge on any atom is 0.160 e. The Kier molecular flexibility index (Phi) is 7.29. The molecule has 3 aromatic heterocycles. The Morgan fingerprint density at radius 2 is 1.00 bits per heavy atom. The molecule has 0 saturated carbocycles. The maximum atomic E-state index is 5.06. The van der Waals surface area contributed by atoms with Crippen molar-refractivity contribution in [1.82, 2.24) is 19.5 Å². The van der Waals surface area contributed by atoms with Gasteiger partial charge >= 0.3 is 0 Å². The molecule has 0 radical (unpaired) electrons. The first kappa shape index (κ1) is 30.2. The molecule has 0 amide bonds. The SMILES string of the molecule is c1ccc(-c2cc(-c3ccccc3)nc(-c3cccc(-c4ccc(-n5c6ccccc6c6ccc(-c7nc8ccccc8s7)cc65)cc4)c3)n2)cc1. The normalized spacial score (nSPS) is 11.5. The Morgan fingerprint density at radius 1 is 0.385 bits per heavy atom. The molecule has 7 aromatic carbocycles. The Labute approximate surface area is 305 Å². The van der Waals surface area contributed by atoms with Crippen molar-refractivity contribution in [2.75, 3.05) is 0 Å². The quantitative estimate of drug-likeness (QED) is 0.175. The second kappa shape index (κ2) is 12.6. The van der Waals surface area contributed by atoms with Crippen LogP contribution in [-0.4, -0.2) is 19.5 Å². The van der Waals surface area contributed by atoms with Gasteiger partial charge in [0.05, 0.1) is 32.6 Å². The van der Waals surface area contributed by atoms with E-state index in [2.05, 4.69) is 144 Å². The topological polar surface area (TPSA) is 43.6 Å². The van der Waals surface area contributed by atoms with Crippen LogP contribution in [0.4, 0.5) is 0 Å². The van der Waals surface area contributed by atoms with E-state index >= 15 is 0 Å². The van der Waals surface area contributed by atoms with Crippen molar-refractivity contribution >= 4 is 43.4 Å². The molecule has 0 atom stereocenters. The lowest BCUT2D eigenvalue weighted by atomic mass is 10.0. The van der Waals surface area contributed by atoms with Crippen molar-refractivity contribution in [2.24, 2.45) is 0 Å². The average molecular weight is 683 g/mol. The highest BCUT2D eigenvalue weighted by Crippen LogP contribution is 2.38. The Morgan fingerprint density at radius 3 is 1.75 bits per heavy atom. The number of hydrogen-bond donors (Lipinski definition) is 0. The number of hydrogen-bond acceptors (Lipinski definition) is 4. The van der Waals surface area contributed by atoms with E-state index < -0.39 is 0 Å². The molecular formula is C47H30N4S. The number of nitrogens with zero attached hydrogens (tertiary/aromatic N) is 4. The van der Waals surface area contributed by atoms with Crippen molar-refractivity contribution in [2.45, 2.75) is 0 Å². The fourth-order valence-electron chi connectivity index (χ4n) is 7.11. The fourth-order valence-corrected chi connectivity index (χ4v) is 8.07. The van der Waals surface area contributed by atoms with Gasteiger partial charge in [-0.3, -0.25) is 0 Å². The predicted octanol–water partition coefficient (Wildman–Crippen LogP) is 12.5. The third-order valence-corrected chi connectivity index (χ3v) is 10.7. The van der Waals surface area contributed by atoms with E-state index in [0.29, 0.717) is 5.82 Å². The first-order valence-corrected chi connectivity index (χ1v) is 18.2. The molecule has 0 aliphatic carbocycles. The minimum absolute atomic E-state index is 0.702. The van der Waals surface area contributed by atoms with Crippen LogP contribution >= 0.6 is 11.3 Å². The molecule has 244 valence electrons. The van der Waals surface area contributed by atoms with E-state index in [9.17, 15) is 0 Å². The van der Waals surface area contributed by atoms with E-state index in [1.165, 1.54) is 21.0 Å². The van der Waals surface area contributed by atoms with Crippen LogP contribution in [0.25, 0.3) is 93.3 Å². The highest BCUT2D eigenvalue weighted by atomic mass is 32.1. The van der Waals surface area contributed by atoms with Gasteiger partial charge in [0.15, 0.2) is 5.82 Å². The third kappa shape index (κ3) is 5.36. The molecule has 0 aliphatic rings. The van der Waals surface area contributed by atoms with Gasteiger partial charge < -0.3 is 4.57 Å². The van der Waals surface area contributed by atoms with Gasteiger partial charge in [0.1, 0.15) is 5.01 Å². The summed E-state index contributed by atoms with van der Waals surface area (Å²) in [6.07, 6.45) is 0. The standard InChI is InChI=1S/C47H30N4S/c1-3-12-32(13-4-1)41-30-42(33-14-5-2-6-15-33)49-46(48-41)35-17-11-16-34(28-35)31-22-25-37(26-23-31)51-43-20-9-7-18-38(43)39-27-24-36(29-44(39)51)47-50-40-19-8-10-21-45(40)52-47/h1-30H. The zero-order chi connectivity index (χ0) is 34.4. The summed E-state index contributed by atoms with van der Waals surface area (Å²) in [7, 11) is 0. The first-order chi connectivity index (χ1) is 25.7. The van der Waals surface area contributed by atoms with Crippen molar-refractivity contribution in [3.63, 3.8) is 0 Å². The van der Waals surface area contributed by atoms with Gasteiger partial charge in [-0.1, -0.05) is 133 Å². The average Bonchev–Trinajstić information content (AvgIpc) is 3.81. The van der Waals surface area contributed by atoms with Gasteiger partial charge in [-0.25, -0.2) is 15.0 Å². The molecule has 5 heteroatoms. The summed E-state index contributed by atoms with van der Waals surface area (Å²) in [5.74, 6) is 0.702. The Bertz CT molecular complexity index is 2800. The second-order valence-electron chi connectivity index (χ2n) is 12.9. The fraction of sp³-hybridized carbons (Fsp3) is 0. The maximum absolute atomic E-state index is 5.06. The molecule has 3 heterocycles. The van der Waals surface area contributed by atoms with Crippen molar-refractivity contribution < 1.29 is 0 Å². The van der Waals surface area contributed by atoms with Crippen LogP contribution in [0.3, 0.4) is 0 Å². The van der Waals surface area contributed by atoms with Crippen LogP contribution in [-0.2, 0) is 0 Å². The smallest absolute Gasteiger partial charge is 0.160 e. The first-order valence-electron chi connectivity index (χ1n) is 17.4. The van der Waals surface area contributed by atoms with E-state index in [4.69, 9.17) is 15.0 Å². The molecule has 4 nitrogen and oxygen atoms in total. The number of thiazole rings is 1. The molecule has 10 aromatic rings. The molecule has 0 fully saturated rings. The molecular weight excluding hydrogens is 653 g/mol. The Hall–Kier alpha value is -6.69. The summed E-state index contributed by atoms with van der Waals surface area (Å²) in [6, 6.07) is 63.8. The molecule has 52 heavy (non-hydrogen) atoms. The molecule has 0 aliphatic heterocycles. The van der Waals surface area contributed by atoms with Crippen LogP contribution in [0, 0.1) is 0 Å². The summed E-state index contributed by atoms with van der Waals surface area (Å²) in [5.41, 5.74) is 12.8. The van der Waals surface area contributed by atoms with Gasteiger partial charge in [-0.2, -0.15) is 0 Å². The lowest BCUT2D eigenvalue weighted by Crippen LogP contribution is -1.96. The minimum atomic E-state index is 0.702. The van der Waals surface area contributed by atoms with Gasteiger partial charge in [0.25, 0.3) is 0 Å². The number of rotatable bonds is 6. The summed E-state index contributed by atoms with van der Waals surface area (Å²) in [5, 5.41) is 3.49. The van der Waals surface area contributed by atoms with E-state index in [1.54, 1.807) is 11.3 Å². The molecule has 10 rings (SSSR count). The van der Waals surface area contributed by atoms with Gasteiger partial charge in [-0.05, 0) is 59.7 Å². The Balaban J connectivity index is 1.04. The van der Waals surface area contributed by atoms with Crippen LogP contribution in [0.1, 0.15) is 0 Å². The van der Waals surface area contributed by atoms with E-state index in [0.717, 1.165) is 66.5 Å². The monoisotopic (exact) mass is 682 g/mol. The van der Waals surface area contributed by atoms with Gasteiger partial charge in [0, 0.05) is 38.7 Å². The van der Waals surface area contributed by atoms with Crippen LogP contribution < -0.4 is 0 Å². The molecule has 0 spiro atoms. The van der Waals surface area contributed by atoms with Crippen molar-refractivity contribution in [3.8, 4) is 61.3 Å².